The van der Waals surface area contributed by atoms with Crippen LogP contribution in [0.25, 0.3) is 0 Å². The molecule has 0 spiro atoms. The Bertz CT molecular complexity index is 923. The van der Waals surface area contributed by atoms with E-state index in [9.17, 15) is 19.4 Å². The minimum atomic E-state index is -4.34. The van der Waals surface area contributed by atoms with Gasteiger partial charge in [-0.2, -0.15) is 0 Å². The van der Waals surface area contributed by atoms with Gasteiger partial charge in [0, 0.05) is 13.0 Å². The van der Waals surface area contributed by atoms with E-state index < -0.39 is 20.0 Å². The van der Waals surface area contributed by atoms with Gasteiger partial charge in [-0.1, -0.05) is 165 Å². The summed E-state index contributed by atoms with van der Waals surface area (Å²) < 4.78 is 22.1. The Kier molecular flexibility index (Phi) is 36.1. The number of allylic oxidation sites excluding steroid dienone is 7. The highest BCUT2D eigenvalue weighted by molar-refractivity contribution is 7.47. The number of amides is 1. The average Bonchev–Trinajstić information content (AvgIpc) is 3.10. The zero-order chi connectivity index (χ0) is 36.8. The summed E-state index contributed by atoms with van der Waals surface area (Å²) in [5.41, 5.74) is 5.36. The number of aliphatic hydroxyl groups excluding tert-OH is 1. The maximum absolute atomic E-state index is 12.7. The number of hydrogen-bond acceptors (Lipinski definition) is 6. The van der Waals surface area contributed by atoms with Crippen LogP contribution in [0.15, 0.2) is 48.6 Å². The van der Waals surface area contributed by atoms with Crippen LogP contribution in [0.4, 0.5) is 0 Å². The van der Waals surface area contributed by atoms with Crippen molar-refractivity contribution in [1.82, 2.24) is 5.32 Å². The molecular formula is C41H77N2O6P. The van der Waals surface area contributed by atoms with Crippen molar-refractivity contribution in [1.29, 1.82) is 0 Å². The van der Waals surface area contributed by atoms with Gasteiger partial charge >= 0.3 is 7.82 Å². The van der Waals surface area contributed by atoms with Crippen molar-refractivity contribution in [3.8, 4) is 0 Å². The molecule has 0 rings (SSSR count). The number of hydrogen-bond donors (Lipinski definition) is 4. The number of unbranched alkanes of at least 4 members (excludes halogenated alkanes) is 19. The predicted molar refractivity (Wildman–Crippen MR) is 212 cm³/mol. The maximum Gasteiger partial charge on any atom is 0.472 e. The van der Waals surface area contributed by atoms with Gasteiger partial charge in [-0.15, -0.1) is 0 Å². The van der Waals surface area contributed by atoms with E-state index in [4.69, 9.17) is 14.8 Å². The molecule has 3 unspecified atom stereocenters. The third-order valence-electron chi connectivity index (χ3n) is 8.66. The molecule has 0 heterocycles. The molecule has 50 heavy (non-hydrogen) atoms. The van der Waals surface area contributed by atoms with Crippen molar-refractivity contribution in [2.75, 3.05) is 19.8 Å². The van der Waals surface area contributed by atoms with E-state index in [1.54, 1.807) is 6.08 Å². The third kappa shape index (κ3) is 34.9. The van der Waals surface area contributed by atoms with Crippen LogP contribution in [0, 0.1) is 0 Å². The van der Waals surface area contributed by atoms with Crippen molar-refractivity contribution in [3.63, 3.8) is 0 Å². The van der Waals surface area contributed by atoms with Crippen molar-refractivity contribution in [2.45, 2.75) is 187 Å². The lowest BCUT2D eigenvalue weighted by Gasteiger charge is -2.23. The number of nitrogens with two attached hydrogens (primary N) is 1. The summed E-state index contributed by atoms with van der Waals surface area (Å²) in [6.07, 6.45) is 44.4. The van der Waals surface area contributed by atoms with Gasteiger partial charge < -0.3 is 21.1 Å². The standard InChI is InChI=1S/C41H77N2O6P/c1-3-5-7-9-11-13-15-17-19-21-22-24-26-28-30-32-34-40(44)39(38-49-50(46,47)48-37-36-42)43-41(45)35-33-31-29-27-25-23-20-18-16-14-12-10-8-6-4-2/h6,8,12,14,18,20,32,34,39-40,44H,3-5,7,9-11,13,15-17,19,21-31,33,35-38,42H2,1-2H3,(H,43,45)(H,46,47)/b8-6-,14-12-,20-18-,34-32+. The quantitative estimate of drug-likeness (QED) is 0.0285. The van der Waals surface area contributed by atoms with Gasteiger partial charge in [0.25, 0.3) is 0 Å². The Balaban J connectivity index is 4.31. The summed E-state index contributed by atoms with van der Waals surface area (Å²) in [6.45, 7) is 4.00. The number of phosphoric acid groups is 1. The third-order valence-corrected chi connectivity index (χ3v) is 9.64. The van der Waals surface area contributed by atoms with Gasteiger partial charge in [-0.25, -0.2) is 4.57 Å². The predicted octanol–water partition coefficient (Wildman–Crippen LogP) is 10.9. The summed E-state index contributed by atoms with van der Waals surface area (Å²) in [5.74, 6) is -0.213. The van der Waals surface area contributed by atoms with Crippen molar-refractivity contribution >= 4 is 13.7 Å². The number of phosphoric ester groups is 1. The highest BCUT2D eigenvalue weighted by Gasteiger charge is 2.26. The first kappa shape index (κ1) is 48.5. The Morgan fingerprint density at radius 2 is 1.16 bits per heavy atom. The topological polar surface area (TPSA) is 131 Å². The lowest BCUT2D eigenvalue weighted by molar-refractivity contribution is -0.123. The van der Waals surface area contributed by atoms with Crippen LogP contribution in [0.1, 0.15) is 174 Å². The molecule has 3 atom stereocenters. The fraction of sp³-hybridized carbons (Fsp3) is 0.780. The molecule has 0 aromatic rings. The van der Waals surface area contributed by atoms with E-state index in [1.165, 1.54) is 77.0 Å². The number of carbonyl (C=O) groups excluding carboxylic acids is 1. The Labute approximate surface area is 307 Å². The van der Waals surface area contributed by atoms with E-state index in [2.05, 4.69) is 55.6 Å². The largest absolute Gasteiger partial charge is 0.472 e. The van der Waals surface area contributed by atoms with Crippen LogP contribution in [-0.4, -0.2) is 47.8 Å². The summed E-state index contributed by atoms with van der Waals surface area (Å²) in [7, 11) is -4.34. The number of aliphatic hydroxyl groups is 1. The van der Waals surface area contributed by atoms with E-state index in [0.29, 0.717) is 6.42 Å². The molecule has 8 nitrogen and oxygen atoms in total. The maximum atomic E-state index is 12.7. The van der Waals surface area contributed by atoms with Gasteiger partial charge in [-0.05, 0) is 51.4 Å². The second-order valence-electron chi connectivity index (χ2n) is 13.5. The summed E-state index contributed by atoms with van der Waals surface area (Å²) in [5, 5.41) is 13.6. The van der Waals surface area contributed by atoms with Crippen molar-refractivity contribution in [2.24, 2.45) is 5.73 Å². The first-order chi connectivity index (χ1) is 24.4. The minimum Gasteiger partial charge on any atom is -0.387 e. The molecule has 292 valence electrons. The molecule has 0 saturated carbocycles. The molecular weight excluding hydrogens is 647 g/mol. The van der Waals surface area contributed by atoms with Gasteiger partial charge in [-0.3, -0.25) is 13.8 Å². The van der Waals surface area contributed by atoms with E-state index in [0.717, 1.165) is 77.0 Å². The normalized spacial score (nSPS) is 14.7. The van der Waals surface area contributed by atoms with Crippen molar-refractivity contribution < 1.29 is 28.4 Å². The zero-order valence-corrected chi connectivity index (χ0v) is 33.0. The van der Waals surface area contributed by atoms with Crippen LogP contribution < -0.4 is 11.1 Å². The minimum absolute atomic E-state index is 0.0738. The summed E-state index contributed by atoms with van der Waals surface area (Å²) >= 11 is 0. The summed E-state index contributed by atoms with van der Waals surface area (Å²) in [4.78, 5) is 22.6. The lowest BCUT2D eigenvalue weighted by Crippen LogP contribution is -2.45. The van der Waals surface area contributed by atoms with Crippen LogP contribution in [0.5, 0.6) is 0 Å². The van der Waals surface area contributed by atoms with Gasteiger partial charge in [0.05, 0.1) is 25.4 Å². The molecule has 0 saturated heterocycles. The number of nitrogens with one attached hydrogen (secondary N) is 1. The number of carbonyl (C=O) groups is 1. The molecule has 0 aliphatic heterocycles. The molecule has 0 aromatic carbocycles. The van der Waals surface area contributed by atoms with Gasteiger partial charge in [0.2, 0.25) is 5.91 Å². The van der Waals surface area contributed by atoms with Crippen LogP contribution in [0.2, 0.25) is 0 Å². The second kappa shape index (κ2) is 37.2. The van der Waals surface area contributed by atoms with E-state index in [-0.39, 0.29) is 25.7 Å². The van der Waals surface area contributed by atoms with Crippen LogP contribution in [0.3, 0.4) is 0 Å². The molecule has 1 amide bonds. The molecule has 5 N–H and O–H groups in total. The Hall–Kier alpha value is -1.54. The monoisotopic (exact) mass is 725 g/mol. The first-order valence-electron chi connectivity index (χ1n) is 20.3. The van der Waals surface area contributed by atoms with E-state index in [1.807, 2.05) is 6.08 Å². The Morgan fingerprint density at radius 3 is 1.70 bits per heavy atom. The van der Waals surface area contributed by atoms with Crippen molar-refractivity contribution in [3.05, 3.63) is 48.6 Å². The smallest absolute Gasteiger partial charge is 0.387 e. The van der Waals surface area contributed by atoms with Gasteiger partial charge in [0.15, 0.2) is 0 Å². The Morgan fingerprint density at radius 1 is 0.680 bits per heavy atom. The highest BCUT2D eigenvalue weighted by atomic mass is 31.2. The molecule has 0 aromatic heterocycles. The second-order valence-corrected chi connectivity index (χ2v) is 14.9. The van der Waals surface area contributed by atoms with E-state index >= 15 is 0 Å². The highest BCUT2D eigenvalue weighted by Crippen LogP contribution is 2.43. The molecule has 0 fully saturated rings. The molecule has 0 aliphatic carbocycles. The molecule has 0 aliphatic rings. The average molecular weight is 725 g/mol. The van der Waals surface area contributed by atoms with Crippen LogP contribution >= 0.6 is 7.82 Å². The molecule has 0 radical (unpaired) electrons. The first-order valence-corrected chi connectivity index (χ1v) is 21.8. The van der Waals surface area contributed by atoms with Gasteiger partial charge in [0.1, 0.15) is 0 Å². The lowest BCUT2D eigenvalue weighted by atomic mass is 10.0. The fourth-order valence-electron chi connectivity index (χ4n) is 5.62. The zero-order valence-electron chi connectivity index (χ0n) is 32.1. The molecule has 9 heteroatoms. The van der Waals surface area contributed by atoms with Crippen LogP contribution in [-0.2, 0) is 18.4 Å². The molecule has 0 bridgehead atoms. The number of rotatable bonds is 37. The SMILES string of the molecule is CC/C=C\C/C=C\C/C=C\CCCCCCCC(=O)NC(COP(=O)(O)OCCN)C(O)/C=C/CCCCCCCCCCCCCCCC. The fourth-order valence-corrected chi connectivity index (χ4v) is 6.38. The summed E-state index contributed by atoms with van der Waals surface area (Å²) in [6, 6.07) is -0.869.